The first-order valence-electron chi connectivity index (χ1n) is 8.03. The number of amides is 2. The summed E-state index contributed by atoms with van der Waals surface area (Å²) < 4.78 is 2.91. The van der Waals surface area contributed by atoms with Crippen LogP contribution in [0.2, 0.25) is 0 Å². The van der Waals surface area contributed by atoms with Gasteiger partial charge in [-0.1, -0.05) is 28.1 Å². The second-order valence-electron chi connectivity index (χ2n) is 6.20. The van der Waals surface area contributed by atoms with E-state index in [4.69, 9.17) is 0 Å². The van der Waals surface area contributed by atoms with E-state index in [-0.39, 0.29) is 17.9 Å². The molecule has 0 saturated carbocycles. The molecule has 2 heterocycles. The van der Waals surface area contributed by atoms with Crippen LogP contribution < -0.4 is 10.6 Å². The van der Waals surface area contributed by atoms with Gasteiger partial charge in [0, 0.05) is 39.2 Å². The summed E-state index contributed by atoms with van der Waals surface area (Å²) in [5.74, 6) is -0.252. The molecule has 2 amide bonds. The Hall–Kier alpha value is -2.60. The summed E-state index contributed by atoms with van der Waals surface area (Å²) in [6.07, 6.45) is 0. The fraction of sp³-hybridized carbons (Fsp3) is 0.158. The zero-order valence-electron chi connectivity index (χ0n) is 13.5. The molecule has 126 valence electrons. The van der Waals surface area contributed by atoms with Crippen molar-refractivity contribution in [1.29, 1.82) is 0 Å². The number of nitrogens with zero attached hydrogens (tertiary/aromatic N) is 1. The van der Waals surface area contributed by atoms with Crippen LogP contribution in [-0.4, -0.2) is 22.9 Å². The quantitative estimate of drug-likeness (QED) is 0.687. The lowest BCUT2D eigenvalue weighted by molar-refractivity contribution is 0.0919. The van der Waals surface area contributed by atoms with E-state index in [1.807, 2.05) is 47.0 Å². The van der Waals surface area contributed by atoms with Crippen LogP contribution in [0.5, 0.6) is 0 Å². The molecule has 2 N–H and O–H groups in total. The molecule has 0 bridgehead atoms. The van der Waals surface area contributed by atoms with Gasteiger partial charge in [-0.15, -0.1) is 0 Å². The Morgan fingerprint density at radius 3 is 2.88 bits per heavy atom. The lowest BCUT2D eigenvalue weighted by Crippen LogP contribution is -2.37. The zero-order chi connectivity index (χ0) is 17.6. The van der Waals surface area contributed by atoms with Gasteiger partial charge in [0.15, 0.2) is 0 Å². The third-order valence-corrected chi connectivity index (χ3v) is 4.91. The highest BCUT2D eigenvalue weighted by Gasteiger charge is 2.24. The van der Waals surface area contributed by atoms with Crippen molar-refractivity contribution < 1.29 is 9.59 Å². The van der Waals surface area contributed by atoms with Gasteiger partial charge in [-0.3, -0.25) is 9.59 Å². The maximum absolute atomic E-state index is 12.6. The van der Waals surface area contributed by atoms with Crippen LogP contribution in [0.1, 0.15) is 33.8 Å². The Labute approximate surface area is 153 Å². The van der Waals surface area contributed by atoms with Crippen molar-refractivity contribution in [2.45, 2.75) is 13.0 Å². The van der Waals surface area contributed by atoms with E-state index in [1.165, 1.54) is 0 Å². The highest BCUT2D eigenvalue weighted by molar-refractivity contribution is 9.10. The van der Waals surface area contributed by atoms with Crippen LogP contribution in [0.25, 0.3) is 10.9 Å². The summed E-state index contributed by atoms with van der Waals surface area (Å²) in [6, 6.07) is 15.0. The molecule has 3 aromatic rings. The molecule has 1 aliphatic rings. The van der Waals surface area contributed by atoms with Gasteiger partial charge in [-0.25, -0.2) is 0 Å². The summed E-state index contributed by atoms with van der Waals surface area (Å²) in [6.45, 7) is 2.64. The van der Waals surface area contributed by atoms with E-state index in [9.17, 15) is 9.59 Å². The van der Waals surface area contributed by atoms with Crippen molar-refractivity contribution in [1.82, 2.24) is 9.88 Å². The number of fused-ring (bicyclic) bond motifs is 3. The van der Waals surface area contributed by atoms with Crippen molar-refractivity contribution in [2.24, 2.45) is 0 Å². The molecule has 0 aliphatic carbocycles. The van der Waals surface area contributed by atoms with Gasteiger partial charge in [-0.05, 0) is 43.3 Å². The standard InChI is InChI=1S/C19H16BrN3O2/c1-11-10-21-19(25)17-7-12-5-6-13(8-16(12)23(11)17)18(24)22-15-4-2-3-14(20)9-15/h2-9,11H,10H2,1H3,(H,21,25)(H,22,24). The molecule has 1 aliphatic heterocycles. The summed E-state index contributed by atoms with van der Waals surface area (Å²) >= 11 is 3.40. The zero-order valence-corrected chi connectivity index (χ0v) is 15.1. The molecular weight excluding hydrogens is 382 g/mol. The van der Waals surface area contributed by atoms with E-state index in [0.717, 1.165) is 21.1 Å². The van der Waals surface area contributed by atoms with E-state index in [2.05, 4.69) is 33.5 Å². The molecule has 5 nitrogen and oxygen atoms in total. The molecule has 0 spiro atoms. The number of hydrogen-bond acceptors (Lipinski definition) is 2. The molecule has 1 unspecified atom stereocenters. The highest BCUT2D eigenvalue weighted by atomic mass is 79.9. The molecule has 0 radical (unpaired) electrons. The fourth-order valence-electron chi connectivity index (χ4n) is 3.20. The number of hydrogen-bond donors (Lipinski definition) is 2. The maximum atomic E-state index is 12.6. The molecule has 4 rings (SSSR count). The molecule has 25 heavy (non-hydrogen) atoms. The number of carbonyl (C=O) groups excluding carboxylic acids is 2. The monoisotopic (exact) mass is 397 g/mol. The fourth-order valence-corrected chi connectivity index (χ4v) is 3.60. The Kier molecular flexibility index (Phi) is 3.84. The largest absolute Gasteiger partial charge is 0.349 e. The van der Waals surface area contributed by atoms with Gasteiger partial charge >= 0.3 is 0 Å². The van der Waals surface area contributed by atoms with E-state index < -0.39 is 0 Å². The summed E-state index contributed by atoms with van der Waals surface area (Å²) in [5.41, 5.74) is 2.83. The van der Waals surface area contributed by atoms with Gasteiger partial charge in [-0.2, -0.15) is 0 Å². The summed E-state index contributed by atoms with van der Waals surface area (Å²) in [4.78, 5) is 24.7. The average Bonchev–Trinajstić information content (AvgIpc) is 2.98. The first kappa shape index (κ1) is 15.9. The number of halogens is 1. The van der Waals surface area contributed by atoms with Crippen LogP contribution in [0.15, 0.2) is 53.0 Å². The molecule has 1 aromatic heterocycles. The highest BCUT2D eigenvalue weighted by Crippen LogP contribution is 2.28. The van der Waals surface area contributed by atoms with Crippen molar-refractivity contribution in [3.8, 4) is 0 Å². The number of anilines is 1. The average molecular weight is 398 g/mol. The van der Waals surface area contributed by atoms with E-state index in [1.54, 1.807) is 6.07 Å². The number of nitrogens with one attached hydrogen (secondary N) is 2. The Balaban J connectivity index is 1.72. The van der Waals surface area contributed by atoms with Crippen LogP contribution in [0.3, 0.4) is 0 Å². The van der Waals surface area contributed by atoms with Crippen LogP contribution in [0.4, 0.5) is 5.69 Å². The molecule has 2 aromatic carbocycles. The molecular formula is C19H16BrN3O2. The minimum atomic E-state index is -0.177. The van der Waals surface area contributed by atoms with Crippen LogP contribution in [0, 0.1) is 0 Å². The van der Waals surface area contributed by atoms with Crippen molar-refractivity contribution in [3.05, 3.63) is 64.3 Å². The SMILES string of the molecule is CC1CNC(=O)c2cc3ccc(C(=O)Nc4cccc(Br)c4)cc3n21. The van der Waals surface area contributed by atoms with Gasteiger partial charge in [0.25, 0.3) is 11.8 Å². The normalized spacial score (nSPS) is 16.4. The van der Waals surface area contributed by atoms with Gasteiger partial charge < -0.3 is 15.2 Å². The predicted octanol–water partition coefficient (Wildman–Crippen LogP) is 3.96. The third kappa shape index (κ3) is 2.82. The Bertz CT molecular complexity index is 1010. The number of benzene rings is 2. The minimum absolute atomic E-state index is 0.0746. The van der Waals surface area contributed by atoms with Gasteiger partial charge in [0.2, 0.25) is 0 Å². The topological polar surface area (TPSA) is 63.1 Å². The molecule has 1 atom stereocenters. The van der Waals surface area contributed by atoms with Crippen molar-refractivity contribution >= 4 is 44.3 Å². The second-order valence-corrected chi connectivity index (χ2v) is 7.11. The minimum Gasteiger partial charge on any atom is -0.349 e. The predicted molar refractivity (Wildman–Crippen MR) is 101 cm³/mol. The number of aromatic nitrogens is 1. The molecule has 6 heteroatoms. The second kappa shape index (κ2) is 6.04. The summed E-state index contributed by atoms with van der Waals surface area (Å²) in [5, 5.41) is 6.74. The van der Waals surface area contributed by atoms with Crippen molar-refractivity contribution in [3.63, 3.8) is 0 Å². The van der Waals surface area contributed by atoms with Gasteiger partial charge in [0.1, 0.15) is 5.69 Å². The van der Waals surface area contributed by atoms with Crippen LogP contribution >= 0.6 is 15.9 Å². The lowest BCUT2D eigenvalue weighted by atomic mass is 10.1. The third-order valence-electron chi connectivity index (χ3n) is 4.42. The van der Waals surface area contributed by atoms with Gasteiger partial charge in [0.05, 0.1) is 0 Å². The van der Waals surface area contributed by atoms with Crippen LogP contribution in [-0.2, 0) is 0 Å². The van der Waals surface area contributed by atoms with E-state index in [0.29, 0.717) is 17.8 Å². The summed E-state index contributed by atoms with van der Waals surface area (Å²) in [7, 11) is 0. The smallest absolute Gasteiger partial charge is 0.268 e. The van der Waals surface area contributed by atoms with Crippen molar-refractivity contribution in [2.75, 3.05) is 11.9 Å². The Morgan fingerprint density at radius 1 is 1.24 bits per heavy atom. The maximum Gasteiger partial charge on any atom is 0.268 e. The number of carbonyl (C=O) groups is 2. The lowest BCUT2D eigenvalue weighted by Gasteiger charge is -2.24. The molecule has 0 saturated heterocycles. The molecule has 0 fully saturated rings. The first-order chi connectivity index (χ1) is 12.0. The Morgan fingerprint density at radius 2 is 2.08 bits per heavy atom. The first-order valence-corrected chi connectivity index (χ1v) is 8.82. The number of rotatable bonds is 2. The van der Waals surface area contributed by atoms with E-state index >= 15 is 0 Å².